The molecular weight excluding hydrogens is 839 g/mol. The Morgan fingerprint density at radius 2 is 1.60 bits per heavy atom. The molecule has 0 aliphatic carbocycles. The zero-order chi connectivity index (χ0) is 46.9. The number of rotatable bonds is 11. The number of amides is 4. The molecule has 2 saturated heterocycles. The predicted octanol–water partition coefficient (Wildman–Crippen LogP) is 1.28. The number of carbonyl (C=O) groups is 6. The Kier molecular flexibility index (Phi) is 16.5. The average Bonchev–Trinajstić information content (AvgIpc) is 3.18. The summed E-state index contributed by atoms with van der Waals surface area (Å²) in [6.07, 6.45) is -1.08. The summed E-state index contributed by atoms with van der Waals surface area (Å²) in [7, 11) is -2.69. The topological polar surface area (TPSA) is 272 Å². The van der Waals surface area contributed by atoms with Gasteiger partial charge in [-0.15, -0.1) is 0 Å². The van der Waals surface area contributed by atoms with Crippen molar-refractivity contribution >= 4 is 51.4 Å². The normalized spacial score (nSPS) is 21.5. The summed E-state index contributed by atoms with van der Waals surface area (Å²) in [6.45, 7) is 11.7. The van der Waals surface area contributed by atoms with Gasteiger partial charge in [0.2, 0.25) is 23.7 Å². The minimum Gasteiger partial charge on any atom is -0.496 e. The van der Waals surface area contributed by atoms with Gasteiger partial charge in [0.1, 0.15) is 23.4 Å². The van der Waals surface area contributed by atoms with Crippen molar-refractivity contribution in [1.82, 2.24) is 26.0 Å². The van der Waals surface area contributed by atoms with E-state index in [0.29, 0.717) is 28.0 Å². The van der Waals surface area contributed by atoms with Crippen LogP contribution in [0, 0.1) is 26.7 Å². The van der Waals surface area contributed by atoms with Crippen molar-refractivity contribution in [2.45, 2.75) is 121 Å². The van der Waals surface area contributed by atoms with E-state index in [9.17, 15) is 37.2 Å². The van der Waals surface area contributed by atoms with E-state index in [-0.39, 0.29) is 30.7 Å². The number of benzene rings is 2. The highest BCUT2D eigenvalue weighted by Gasteiger charge is 2.49. The summed E-state index contributed by atoms with van der Waals surface area (Å²) in [5, 5.41) is 10.6. The first-order valence-electron chi connectivity index (χ1n) is 20.6. The highest BCUT2D eigenvalue weighted by molar-refractivity contribution is 7.90. The fourth-order valence-corrected chi connectivity index (χ4v) is 8.52. The minimum absolute atomic E-state index is 0.0195. The molecule has 20 heteroatoms. The predicted molar refractivity (Wildman–Crippen MR) is 231 cm³/mol. The molecule has 0 aromatic heterocycles. The number of aryl methyl sites for hydroxylation is 1. The number of hydrogen-bond acceptors (Lipinski definition) is 13. The minimum atomic E-state index is -4.17. The molecule has 346 valence electrons. The van der Waals surface area contributed by atoms with Gasteiger partial charge in [-0.2, -0.15) is 0 Å². The van der Waals surface area contributed by atoms with E-state index >= 15 is 0 Å². The van der Waals surface area contributed by atoms with Gasteiger partial charge in [-0.25, -0.2) is 13.1 Å². The van der Waals surface area contributed by atoms with E-state index in [0.717, 1.165) is 0 Å². The van der Waals surface area contributed by atoms with E-state index < -0.39 is 119 Å². The van der Waals surface area contributed by atoms with Crippen LogP contribution in [0.1, 0.15) is 82.6 Å². The number of nitrogens with one attached hydrogen (secondary N) is 5. The van der Waals surface area contributed by atoms with Crippen LogP contribution in [0.2, 0.25) is 0 Å². The van der Waals surface area contributed by atoms with Gasteiger partial charge >= 0.3 is 5.97 Å². The van der Waals surface area contributed by atoms with E-state index in [1.165, 1.54) is 7.11 Å². The number of ketones is 1. The molecule has 2 aromatic carbocycles. The summed E-state index contributed by atoms with van der Waals surface area (Å²) >= 11 is 0. The molecule has 4 rings (SSSR count). The molecule has 2 aliphatic rings. The highest BCUT2D eigenvalue weighted by atomic mass is 32.2. The third kappa shape index (κ3) is 13.9. The van der Waals surface area contributed by atoms with Crippen LogP contribution in [0.5, 0.6) is 5.75 Å². The van der Waals surface area contributed by atoms with Crippen LogP contribution in [0.15, 0.2) is 46.3 Å². The molecule has 2 aromatic rings. The number of carbonyl (C=O) groups excluding carboxylic acids is 6. The van der Waals surface area contributed by atoms with Gasteiger partial charge in [0.25, 0.3) is 15.9 Å². The first-order chi connectivity index (χ1) is 29.3. The summed E-state index contributed by atoms with van der Waals surface area (Å²) in [6, 6.07) is 7.71. The Morgan fingerprint density at radius 1 is 0.952 bits per heavy atom. The largest absolute Gasteiger partial charge is 0.496 e. The Balaban J connectivity index is 1.64. The first-order valence-corrected chi connectivity index (χ1v) is 22.1. The van der Waals surface area contributed by atoms with E-state index in [2.05, 4.69) is 31.0 Å². The molecule has 2 aliphatic heterocycles. The van der Waals surface area contributed by atoms with E-state index in [1.54, 1.807) is 91.8 Å². The monoisotopic (exact) mass is 899 g/mol. The van der Waals surface area contributed by atoms with Crippen LogP contribution in [0.4, 0.5) is 0 Å². The fraction of sp³-hybridized carbons (Fsp3) is 0.558. The number of aliphatic imine (C=N–C) groups is 1. The van der Waals surface area contributed by atoms with Gasteiger partial charge in [0, 0.05) is 19.4 Å². The van der Waals surface area contributed by atoms with Crippen molar-refractivity contribution in [3.8, 4) is 5.75 Å². The molecule has 7 N–H and O–H groups in total. The lowest BCUT2D eigenvalue weighted by molar-refractivity contribution is -0.267. The third-order valence-corrected chi connectivity index (χ3v) is 12.1. The molecule has 0 saturated carbocycles. The molecule has 63 heavy (non-hydrogen) atoms. The van der Waals surface area contributed by atoms with Crippen LogP contribution in [0.3, 0.4) is 0 Å². The lowest BCUT2D eigenvalue weighted by atomic mass is 9.94. The number of Topliss-reactive ketones (excluding diaryl/α,β-unsaturated/α-hetero) is 1. The lowest BCUT2D eigenvalue weighted by Gasteiger charge is -2.43. The summed E-state index contributed by atoms with van der Waals surface area (Å²) in [4.78, 5) is 87.0. The first kappa shape index (κ1) is 50.0. The molecule has 2 fully saturated rings. The number of nitrogens with zero attached hydrogens (tertiary/aromatic N) is 1. The van der Waals surface area contributed by atoms with Gasteiger partial charge in [0.05, 0.1) is 44.1 Å². The molecular formula is C43H61N7O12S. The molecule has 0 unspecified atom stereocenters. The number of sulfonamides is 1. The third-order valence-electron chi connectivity index (χ3n) is 10.4. The molecule has 4 amide bonds. The van der Waals surface area contributed by atoms with Crippen molar-refractivity contribution in [3.63, 3.8) is 0 Å². The molecule has 19 nitrogen and oxygen atoms in total. The van der Waals surface area contributed by atoms with Gasteiger partial charge in [-0.05, 0) is 96.6 Å². The lowest BCUT2D eigenvalue weighted by Crippen LogP contribution is -2.71. The standard InChI is InChI=1S/C43H61N7O12S/c1-25-18-33(59-9)26(2)27(3)35(25)63(57,58)50-40(44)45-17-13-16-31-37(54)46-22-30(51)20-29(21-34(52)62-41(4,5)6)36(53)47-32(19-28-14-11-10-12-15-28)38(55)49-43(39(56)48-31)23-60-42(7,8)61-24-43/h10-12,14-15,18,29,31-32H,13,16-17,19-24H2,1-9H3,(H,46,54)(H,47,53)(H,48,56)(H,49,55)(H3,44,45,50)/t29-,31-,32+/m0/s1. The SMILES string of the molecule is COc1cc(C)c(S(=O)(=O)NC(N)=NCCC[C@@H]2NC(=O)C3(COC(C)(C)OC3)NC(=O)[C@@H](Cc3ccccc3)NC(=O)[C@H](CC(=O)OC(C)(C)C)CC(=O)CNC2=O)c(C)c1C. The molecule has 2 heterocycles. The molecule has 0 radical (unpaired) electrons. The average molecular weight is 900 g/mol. The summed E-state index contributed by atoms with van der Waals surface area (Å²) < 4.78 is 51.6. The zero-order valence-electron chi connectivity index (χ0n) is 37.4. The number of ether oxygens (including phenoxy) is 4. The van der Waals surface area contributed by atoms with Crippen LogP contribution in [-0.4, -0.2) is 112 Å². The second-order valence-corrected chi connectivity index (χ2v) is 18.9. The number of guanidine groups is 1. The smallest absolute Gasteiger partial charge is 0.307 e. The highest BCUT2D eigenvalue weighted by Crippen LogP contribution is 2.30. The second kappa shape index (κ2) is 20.7. The Labute approximate surface area is 368 Å². The van der Waals surface area contributed by atoms with E-state index in [4.69, 9.17) is 24.7 Å². The molecule has 1 spiro atoms. The van der Waals surface area contributed by atoms with Crippen LogP contribution in [-0.2, 0) is 59.4 Å². The molecule has 3 atom stereocenters. The Bertz CT molecular complexity index is 2180. The van der Waals surface area contributed by atoms with Crippen LogP contribution >= 0.6 is 0 Å². The number of methoxy groups -OCH3 is 1. The molecule has 0 bridgehead atoms. The number of nitrogens with two attached hydrogens (primary N) is 1. The Morgan fingerprint density at radius 3 is 2.22 bits per heavy atom. The fourth-order valence-electron chi connectivity index (χ4n) is 7.03. The quantitative estimate of drug-likeness (QED) is 0.0804. The van der Waals surface area contributed by atoms with Crippen LogP contribution < -0.4 is 36.5 Å². The van der Waals surface area contributed by atoms with Crippen molar-refractivity contribution in [1.29, 1.82) is 0 Å². The summed E-state index contributed by atoms with van der Waals surface area (Å²) in [5.74, 6) is -6.98. The maximum atomic E-state index is 14.4. The van der Waals surface area contributed by atoms with Crippen LogP contribution in [0.25, 0.3) is 0 Å². The van der Waals surface area contributed by atoms with Gasteiger partial charge in [0.15, 0.2) is 17.1 Å². The second-order valence-electron chi connectivity index (χ2n) is 17.3. The summed E-state index contributed by atoms with van der Waals surface area (Å²) in [5.41, 5.74) is 5.38. The number of esters is 1. The van der Waals surface area contributed by atoms with Crippen molar-refractivity contribution in [2.75, 3.05) is 33.4 Å². The van der Waals surface area contributed by atoms with Crippen molar-refractivity contribution in [2.24, 2.45) is 16.6 Å². The Hall–Kier alpha value is -5.60. The van der Waals surface area contributed by atoms with Gasteiger partial charge in [-0.1, -0.05) is 30.3 Å². The maximum Gasteiger partial charge on any atom is 0.307 e. The van der Waals surface area contributed by atoms with Gasteiger partial charge < -0.3 is 45.9 Å². The zero-order valence-corrected chi connectivity index (χ0v) is 38.2. The van der Waals surface area contributed by atoms with Crippen molar-refractivity contribution in [3.05, 3.63) is 58.7 Å². The maximum absolute atomic E-state index is 14.4. The number of hydrogen-bond donors (Lipinski definition) is 6. The van der Waals surface area contributed by atoms with E-state index in [1.807, 2.05) is 0 Å². The van der Waals surface area contributed by atoms with Gasteiger partial charge in [-0.3, -0.25) is 33.8 Å². The van der Waals surface area contributed by atoms with Crippen molar-refractivity contribution < 1.29 is 56.1 Å².